The Morgan fingerprint density at radius 3 is 2.46 bits per heavy atom. The molecule has 3 aromatic rings. The van der Waals surface area contributed by atoms with Crippen molar-refractivity contribution in [3.8, 4) is 5.75 Å². The topological polar surface area (TPSA) is 79.7 Å². The van der Waals surface area contributed by atoms with Crippen LogP contribution >= 0.6 is 23.2 Å². The largest absolute Gasteiger partial charge is 0.507 e. The van der Waals surface area contributed by atoms with Crippen molar-refractivity contribution in [1.29, 1.82) is 0 Å². The van der Waals surface area contributed by atoms with Crippen LogP contribution in [0.1, 0.15) is 56.0 Å². The third-order valence-corrected chi connectivity index (χ3v) is 6.97. The molecule has 2 heterocycles. The predicted octanol–water partition coefficient (Wildman–Crippen LogP) is 6.71. The molecule has 1 unspecified atom stereocenters. The third kappa shape index (κ3) is 5.36. The highest BCUT2D eigenvalue weighted by Crippen LogP contribution is 2.42. The van der Waals surface area contributed by atoms with Crippen LogP contribution in [-0.2, 0) is 21.5 Å². The minimum absolute atomic E-state index is 0.0173. The highest BCUT2D eigenvalue weighted by Gasteiger charge is 2.46. The summed E-state index contributed by atoms with van der Waals surface area (Å²) >= 11 is 12.5. The number of ketones is 1. The van der Waals surface area contributed by atoms with Crippen LogP contribution in [0.3, 0.4) is 0 Å². The molecule has 192 valence electrons. The Hall–Kier alpha value is -3.35. The molecule has 0 saturated carbocycles. The Bertz CT molecular complexity index is 1380. The summed E-state index contributed by atoms with van der Waals surface area (Å²) < 4.78 is 5.80. The van der Waals surface area contributed by atoms with Crippen molar-refractivity contribution >= 4 is 40.7 Å². The van der Waals surface area contributed by atoms with Crippen LogP contribution < -0.4 is 4.74 Å². The lowest BCUT2D eigenvalue weighted by atomic mass is 9.84. The van der Waals surface area contributed by atoms with Crippen molar-refractivity contribution in [2.24, 2.45) is 0 Å². The van der Waals surface area contributed by atoms with Crippen molar-refractivity contribution in [2.75, 3.05) is 6.61 Å². The first-order valence-electron chi connectivity index (χ1n) is 11.9. The maximum atomic E-state index is 13.4. The number of pyridine rings is 1. The third-order valence-electron chi connectivity index (χ3n) is 6.24. The molecule has 1 amide bonds. The summed E-state index contributed by atoms with van der Waals surface area (Å²) in [5.41, 5.74) is 2.27. The molecular weight excluding hydrogens is 511 g/mol. The van der Waals surface area contributed by atoms with Gasteiger partial charge in [-0.05, 0) is 59.9 Å². The van der Waals surface area contributed by atoms with Gasteiger partial charge >= 0.3 is 0 Å². The van der Waals surface area contributed by atoms with Gasteiger partial charge in [0.1, 0.15) is 11.5 Å². The van der Waals surface area contributed by atoms with Gasteiger partial charge in [0, 0.05) is 30.1 Å². The van der Waals surface area contributed by atoms with Crippen LogP contribution in [0.4, 0.5) is 0 Å². The normalized spacial score (nSPS) is 17.4. The van der Waals surface area contributed by atoms with E-state index in [1.807, 2.05) is 33.8 Å². The number of benzene rings is 2. The van der Waals surface area contributed by atoms with E-state index in [9.17, 15) is 14.7 Å². The average Bonchev–Trinajstić information content (AvgIpc) is 3.10. The van der Waals surface area contributed by atoms with Gasteiger partial charge in [-0.3, -0.25) is 14.6 Å². The van der Waals surface area contributed by atoms with Crippen molar-refractivity contribution in [3.05, 3.63) is 98.8 Å². The number of aromatic nitrogens is 1. The number of amides is 1. The number of aliphatic hydroxyl groups is 1. The van der Waals surface area contributed by atoms with Gasteiger partial charge in [-0.1, -0.05) is 56.1 Å². The van der Waals surface area contributed by atoms with Gasteiger partial charge in [-0.15, -0.1) is 0 Å². The van der Waals surface area contributed by atoms with E-state index in [2.05, 4.69) is 4.98 Å². The van der Waals surface area contributed by atoms with Gasteiger partial charge in [-0.2, -0.15) is 0 Å². The quantitative estimate of drug-likeness (QED) is 0.214. The second-order valence-electron chi connectivity index (χ2n) is 9.86. The summed E-state index contributed by atoms with van der Waals surface area (Å²) in [6.45, 7) is 8.63. The molecule has 8 heteroatoms. The zero-order valence-corrected chi connectivity index (χ0v) is 22.6. The Morgan fingerprint density at radius 1 is 1.08 bits per heavy atom. The monoisotopic (exact) mass is 538 g/mol. The van der Waals surface area contributed by atoms with E-state index in [1.54, 1.807) is 54.9 Å². The van der Waals surface area contributed by atoms with E-state index in [0.717, 1.165) is 11.1 Å². The molecule has 1 aliphatic heterocycles. The molecular formula is C29H28Cl2N2O4. The summed E-state index contributed by atoms with van der Waals surface area (Å²) in [6.07, 6.45) is 3.26. The van der Waals surface area contributed by atoms with Gasteiger partial charge < -0.3 is 14.7 Å². The molecule has 1 aliphatic rings. The van der Waals surface area contributed by atoms with Crippen molar-refractivity contribution in [3.63, 3.8) is 0 Å². The lowest BCUT2D eigenvalue weighted by Gasteiger charge is -2.26. The summed E-state index contributed by atoms with van der Waals surface area (Å²) in [5.74, 6) is -1.06. The minimum Gasteiger partial charge on any atom is -0.507 e. The number of ether oxygens (including phenoxy) is 1. The average molecular weight is 539 g/mol. The SMILES string of the molecule is CCOc1ccc(/C(O)=C2/C(=O)C(=O)N(Cc3cccnc3)C2c2ccc(Cl)c(Cl)c2)cc1C(C)(C)C. The molecule has 1 atom stereocenters. The first-order valence-corrected chi connectivity index (χ1v) is 12.7. The fourth-order valence-corrected chi connectivity index (χ4v) is 4.77. The molecule has 37 heavy (non-hydrogen) atoms. The van der Waals surface area contributed by atoms with E-state index in [1.165, 1.54) is 4.90 Å². The molecule has 4 rings (SSSR count). The second-order valence-corrected chi connectivity index (χ2v) is 10.7. The first kappa shape index (κ1) is 26.7. The van der Waals surface area contributed by atoms with E-state index in [-0.39, 0.29) is 28.3 Å². The Labute approximate surface area is 226 Å². The lowest BCUT2D eigenvalue weighted by Crippen LogP contribution is -2.29. The number of carbonyl (C=O) groups excluding carboxylic acids is 2. The fraction of sp³-hybridized carbons (Fsp3) is 0.276. The molecule has 0 radical (unpaired) electrons. The maximum absolute atomic E-state index is 13.4. The van der Waals surface area contributed by atoms with E-state index in [4.69, 9.17) is 27.9 Å². The summed E-state index contributed by atoms with van der Waals surface area (Å²) in [4.78, 5) is 32.2. The molecule has 0 aliphatic carbocycles. The molecule has 0 bridgehead atoms. The van der Waals surface area contributed by atoms with Crippen LogP contribution in [0.15, 0.2) is 66.5 Å². The standard InChI is InChI=1S/C29H28Cl2N2O4/c1-5-37-23-11-9-19(13-20(23)29(2,3)4)26(34)24-25(18-8-10-21(30)22(31)14-18)33(28(36)27(24)35)16-17-7-6-12-32-15-17/h6-15,25,34H,5,16H2,1-4H3/b26-24-. The van der Waals surface area contributed by atoms with Crippen molar-refractivity contribution in [2.45, 2.75) is 45.7 Å². The molecule has 1 N–H and O–H groups in total. The zero-order chi connectivity index (χ0) is 26.9. The number of rotatable bonds is 6. The molecule has 1 fully saturated rings. The van der Waals surface area contributed by atoms with Gasteiger partial charge in [0.25, 0.3) is 11.7 Å². The lowest BCUT2D eigenvalue weighted by molar-refractivity contribution is -0.140. The number of likely N-dealkylation sites (tertiary alicyclic amines) is 1. The van der Waals surface area contributed by atoms with Gasteiger partial charge in [0.15, 0.2) is 0 Å². The van der Waals surface area contributed by atoms with Gasteiger partial charge in [-0.25, -0.2) is 0 Å². The molecule has 1 saturated heterocycles. The minimum atomic E-state index is -0.875. The van der Waals surface area contributed by atoms with Crippen LogP contribution in [0.5, 0.6) is 5.75 Å². The second kappa shape index (κ2) is 10.6. The Balaban J connectivity index is 1.90. The number of nitrogens with zero attached hydrogens (tertiary/aromatic N) is 2. The van der Waals surface area contributed by atoms with Crippen molar-refractivity contribution in [1.82, 2.24) is 9.88 Å². The van der Waals surface area contributed by atoms with Crippen LogP contribution in [0.25, 0.3) is 5.76 Å². The van der Waals surface area contributed by atoms with Crippen molar-refractivity contribution < 1.29 is 19.4 Å². The van der Waals surface area contributed by atoms with Crippen LogP contribution in [-0.4, -0.2) is 33.3 Å². The number of halogens is 2. The molecule has 6 nitrogen and oxygen atoms in total. The number of Topliss-reactive ketones (excluding diaryl/α,β-unsaturated/α-hetero) is 1. The summed E-state index contributed by atoms with van der Waals surface area (Å²) in [5, 5.41) is 12.1. The zero-order valence-electron chi connectivity index (χ0n) is 21.1. The Kier molecular flexibility index (Phi) is 7.62. The van der Waals surface area contributed by atoms with E-state index >= 15 is 0 Å². The van der Waals surface area contributed by atoms with Crippen LogP contribution in [0, 0.1) is 0 Å². The predicted molar refractivity (Wildman–Crippen MR) is 145 cm³/mol. The maximum Gasteiger partial charge on any atom is 0.295 e. The number of carbonyl (C=O) groups is 2. The summed E-state index contributed by atoms with van der Waals surface area (Å²) in [6, 6.07) is 12.9. The summed E-state index contributed by atoms with van der Waals surface area (Å²) in [7, 11) is 0. The van der Waals surface area contributed by atoms with Crippen LogP contribution in [0.2, 0.25) is 10.0 Å². The smallest absolute Gasteiger partial charge is 0.295 e. The van der Waals surface area contributed by atoms with Gasteiger partial charge in [0.2, 0.25) is 0 Å². The first-order chi connectivity index (χ1) is 17.5. The molecule has 1 aromatic heterocycles. The number of aliphatic hydroxyl groups excluding tert-OH is 1. The fourth-order valence-electron chi connectivity index (χ4n) is 4.46. The Morgan fingerprint density at radius 2 is 1.84 bits per heavy atom. The molecule has 2 aromatic carbocycles. The number of hydrogen-bond donors (Lipinski definition) is 1. The molecule has 0 spiro atoms. The van der Waals surface area contributed by atoms with E-state index in [0.29, 0.717) is 28.5 Å². The van der Waals surface area contributed by atoms with Gasteiger partial charge in [0.05, 0.1) is 28.3 Å². The highest BCUT2D eigenvalue weighted by atomic mass is 35.5. The highest BCUT2D eigenvalue weighted by molar-refractivity contribution is 6.46. The number of hydrogen-bond acceptors (Lipinski definition) is 5. The van der Waals surface area contributed by atoms with E-state index < -0.39 is 17.7 Å².